The van der Waals surface area contributed by atoms with Gasteiger partial charge in [0.05, 0.1) is 10.2 Å². The molecule has 0 saturated carbocycles. The molecule has 0 fully saturated rings. The van der Waals surface area contributed by atoms with Gasteiger partial charge in [0.25, 0.3) is 0 Å². The molecule has 2 heterocycles. The third kappa shape index (κ3) is 2.23. The fourth-order valence-corrected chi connectivity index (χ4v) is 3.82. The average molecular weight is 331 g/mol. The van der Waals surface area contributed by atoms with Crippen LogP contribution in [0.25, 0.3) is 33.1 Å². The van der Waals surface area contributed by atoms with E-state index in [1.807, 2.05) is 18.2 Å². The minimum atomic E-state index is 0.299. The van der Waals surface area contributed by atoms with Crippen molar-refractivity contribution in [3.05, 3.63) is 65.2 Å². The predicted molar refractivity (Wildman–Crippen MR) is 98.6 cm³/mol. The SMILES string of the molecule is C(=C\c1nc2c(ccc3ccccc32)s1)/c1ccc2c(c1)OCO2. The Hall–Kier alpha value is -2.85. The highest BCUT2D eigenvalue weighted by Gasteiger charge is 2.12. The lowest BCUT2D eigenvalue weighted by atomic mass is 10.1. The Kier molecular flexibility index (Phi) is 3.03. The minimum absolute atomic E-state index is 0.299. The first kappa shape index (κ1) is 13.6. The number of hydrogen-bond donors (Lipinski definition) is 0. The highest BCUT2D eigenvalue weighted by molar-refractivity contribution is 7.19. The van der Waals surface area contributed by atoms with Crippen LogP contribution in [-0.2, 0) is 0 Å². The number of hydrogen-bond acceptors (Lipinski definition) is 4. The fourth-order valence-electron chi connectivity index (χ4n) is 2.93. The Morgan fingerprint density at radius 1 is 0.917 bits per heavy atom. The Bertz CT molecular complexity index is 1100. The summed E-state index contributed by atoms with van der Waals surface area (Å²) in [7, 11) is 0. The molecule has 1 aromatic heterocycles. The molecule has 1 aliphatic heterocycles. The van der Waals surface area contributed by atoms with Gasteiger partial charge in [0.15, 0.2) is 11.5 Å². The molecule has 0 amide bonds. The molecule has 24 heavy (non-hydrogen) atoms. The van der Waals surface area contributed by atoms with E-state index in [1.54, 1.807) is 11.3 Å². The number of thiazole rings is 1. The number of ether oxygens (including phenoxy) is 2. The van der Waals surface area contributed by atoms with Crippen LogP contribution in [0.3, 0.4) is 0 Å². The van der Waals surface area contributed by atoms with E-state index in [-0.39, 0.29) is 0 Å². The molecule has 0 atom stereocenters. The van der Waals surface area contributed by atoms with E-state index in [0.717, 1.165) is 27.6 Å². The summed E-state index contributed by atoms with van der Waals surface area (Å²) in [5, 5.41) is 3.43. The van der Waals surface area contributed by atoms with Crippen LogP contribution < -0.4 is 9.47 Å². The molecule has 0 saturated heterocycles. The lowest BCUT2D eigenvalue weighted by Crippen LogP contribution is -1.92. The van der Waals surface area contributed by atoms with Crippen molar-refractivity contribution >= 4 is 44.5 Å². The van der Waals surface area contributed by atoms with Gasteiger partial charge in [-0.2, -0.15) is 0 Å². The van der Waals surface area contributed by atoms with Crippen molar-refractivity contribution in [3.8, 4) is 11.5 Å². The highest BCUT2D eigenvalue weighted by Crippen LogP contribution is 2.33. The molecule has 4 heteroatoms. The van der Waals surface area contributed by atoms with Crippen molar-refractivity contribution in [3.63, 3.8) is 0 Å². The average Bonchev–Trinajstić information content (AvgIpc) is 3.25. The lowest BCUT2D eigenvalue weighted by Gasteiger charge is -1.97. The van der Waals surface area contributed by atoms with Crippen molar-refractivity contribution in [2.75, 3.05) is 6.79 Å². The molecule has 3 nitrogen and oxygen atoms in total. The second kappa shape index (κ2) is 5.35. The van der Waals surface area contributed by atoms with E-state index in [4.69, 9.17) is 14.5 Å². The van der Waals surface area contributed by atoms with Crippen LogP contribution in [0.15, 0.2) is 54.6 Å². The number of fused-ring (bicyclic) bond motifs is 4. The zero-order valence-corrected chi connectivity index (χ0v) is 13.5. The molecule has 0 radical (unpaired) electrons. The van der Waals surface area contributed by atoms with Crippen LogP contribution in [0, 0.1) is 0 Å². The second-order valence-electron chi connectivity index (χ2n) is 5.63. The summed E-state index contributed by atoms with van der Waals surface area (Å²) in [4.78, 5) is 4.80. The Labute approximate surface area is 142 Å². The second-order valence-corrected chi connectivity index (χ2v) is 6.69. The third-order valence-corrected chi connectivity index (χ3v) is 5.10. The molecule has 0 aliphatic carbocycles. The molecular weight excluding hydrogens is 318 g/mol. The first-order valence-electron chi connectivity index (χ1n) is 7.73. The van der Waals surface area contributed by atoms with Crippen LogP contribution in [0.2, 0.25) is 0 Å². The first-order chi connectivity index (χ1) is 11.9. The van der Waals surface area contributed by atoms with E-state index in [2.05, 4.69) is 48.6 Å². The number of rotatable bonds is 2. The van der Waals surface area contributed by atoms with Gasteiger partial charge in [-0.15, -0.1) is 11.3 Å². The number of benzene rings is 3. The van der Waals surface area contributed by atoms with Gasteiger partial charge in [0.1, 0.15) is 5.01 Å². The quantitative estimate of drug-likeness (QED) is 0.496. The largest absolute Gasteiger partial charge is 0.454 e. The number of nitrogens with zero attached hydrogens (tertiary/aromatic N) is 1. The topological polar surface area (TPSA) is 31.4 Å². The summed E-state index contributed by atoms with van der Waals surface area (Å²) in [5.41, 5.74) is 2.15. The first-order valence-corrected chi connectivity index (χ1v) is 8.54. The molecule has 0 unspecified atom stereocenters. The summed E-state index contributed by atoms with van der Waals surface area (Å²) >= 11 is 1.70. The van der Waals surface area contributed by atoms with Gasteiger partial charge in [-0.25, -0.2) is 4.98 Å². The smallest absolute Gasteiger partial charge is 0.231 e. The van der Waals surface area contributed by atoms with E-state index < -0.39 is 0 Å². The van der Waals surface area contributed by atoms with Crippen LogP contribution in [0.5, 0.6) is 11.5 Å². The van der Waals surface area contributed by atoms with Crippen molar-refractivity contribution < 1.29 is 9.47 Å². The monoisotopic (exact) mass is 331 g/mol. The zero-order chi connectivity index (χ0) is 15.9. The van der Waals surface area contributed by atoms with Crippen LogP contribution in [-0.4, -0.2) is 11.8 Å². The zero-order valence-electron chi connectivity index (χ0n) is 12.7. The maximum absolute atomic E-state index is 5.42. The summed E-state index contributed by atoms with van der Waals surface area (Å²) in [6.45, 7) is 0.299. The van der Waals surface area contributed by atoms with Crippen molar-refractivity contribution in [1.82, 2.24) is 4.98 Å². The molecule has 0 spiro atoms. The standard InChI is InChI=1S/C20H13NO2S/c1-2-4-15-14(3-1)7-9-18-20(15)21-19(24-18)10-6-13-5-8-16-17(11-13)23-12-22-16/h1-11H,12H2/b10-6+. The van der Waals surface area contributed by atoms with Gasteiger partial charge in [-0.05, 0) is 35.2 Å². The van der Waals surface area contributed by atoms with Gasteiger partial charge in [0.2, 0.25) is 6.79 Å². The molecule has 4 aromatic rings. The predicted octanol–water partition coefficient (Wildman–Crippen LogP) is 5.35. The Balaban J connectivity index is 1.54. The van der Waals surface area contributed by atoms with Gasteiger partial charge in [0, 0.05) is 5.39 Å². The molecule has 0 bridgehead atoms. The highest BCUT2D eigenvalue weighted by atomic mass is 32.1. The van der Waals surface area contributed by atoms with Crippen LogP contribution in [0.1, 0.15) is 10.6 Å². The maximum atomic E-state index is 5.42. The normalized spacial score (nSPS) is 13.3. The van der Waals surface area contributed by atoms with E-state index in [1.165, 1.54) is 15.5 Å². The van der Waals surface area contributed by atoms with Crippen molar-refractivity contribution in [2.45, 2.75) is 0 Å². The van der Waals surface area contributed by atoms with Crippen LogP contribution in [0.4, 0.5) is 0 Å². The van der Waals surface area contributed by atoms with Gasteiger partial charge in [-0.1, -0.05) is 42.5 Å². The lowest BCUT2D eigenvalue weighted by molar-refractivity contribution is 0.174. The maximum Gasteiger partial charge on any atom is 0.231 e. The van der Waals surface area contributed by atoms with Gasteiger partial charge >= 0.3 is 0 Å². The number of aromatic nitrogens is 1. The van der Waals surface area contributed by atoms with E-state index in [0.29, 0.717) is 6.79 Å². The molecule has 3 aromatic carbocycles. The Morgan fingerprint density at radius 3 is 2.83 bits per heavy atom. The summed E-state index contributed by atoms with van der Waals surface area (Å²) in [6.07, 6.45) is 4.11. The summed E-state index contributed by atoms with van der Waals surface area (Å²) in [6, 6.07) is 18.6. The summed E-state index contributed by atoms with van der Waals surface area (Å²) < 4.78 is 12.0. The molecular formula is C20H13NO2S. The fraction of sp³-hybridized carbons (Fsp3) is 0.0500. The molecule has 0 N–H and O–H groups in total. The van der Waals surface area contributed by atoms with Gasteiger partial charge < -0.3 is 9.47 Å². The molecule has 116 valence electrons. The third-order valence-electron chi connectivity index (χ3n) is 4.12. The van der Waals surface area contributed by atoms with E-state index >= 15 is 0 Å². The molecule has 1 aliphatic rings. The van der Waals surface area contributed by atoms with Gasteiger partial charge in [-0.3, -0.25) is 0 Å². The van der Waals surface area contributed by atoms with Crippen molar-refractivity contribution in [1.29, 1.82) is 0 Å². The van der Waals surface area contributed by atoms with Crippen molar-refractivity contribution in [2.24, 2.45) is 0 Å². The molecule has 5 rings (SSSR count). The Morgan fingerprint density at radius 2 is 1.83 bits per heavy atom. The van der Waals surface area contributed by atoms with Crippen LogP contribution >= 0.6 is 11.3 Å². The minimum Gasteiger partial charge on any atom is -0.454 e. The van der Waals surface area contributed by atoms with E-state index in [9.17, 15) is 0 Å². The summed E-state index contributed by atoms with van der Waals surface area (Å²) in [5.74, 6) is 1.60.